The van der Waals surface area contributed by atoms with Crippen LogP contribution in [0, 0.1) is 23.2 Å². The number of nitrogens with one attached hydrogen (secondary N) is 1. The Labute approximate surface area is 199 Å². The van der Waals surface area contributed by atoms with Gasteiger partial charge in [-0.25, -0.2) is 0 Å². The third-order valence-corrected chi connectivity index (χ3v) is 6.54. The zero-order valence-electron chi connectivity index (χ0n) is 19.6. The lowest BCUT2D eigenvalue weighted by Crippen LogP contribution is -2.53. The van der Waals surface area contributed by atoms with Crippen molar-refractivity contribution < 1.29 is 14.4 Å². The van der Waals surface area contributed by atoms with E-state index in [1.807, 2.05) is 62.4 Å². The topological polar surface area (TPSA) is 97.3 Å². The molecule has 0 saturated carbocycles. The molecule has 0 spiro atoms. The number of aromatic amines is 1. The largest absolute Gasteiger partial charge is 0.351 e. The number of aldehydes is 1. The van der Waals surface area contributed by atoms with Crippen molar-refractivity contribution in [2.75, 3.05) is 13.6 Å². The maximum absolute atomic E-state index is 13.4. The summed E-state index contributed by atoms with van der Waals surface area (Å²) in [5.41, 5.74) is 3.37. The van der Waals surface area contributed by atoms with E-state index in [0.717, 1.165) is 28.3 Å². The molecule has 0 radical (unpaired) electrons. The highest BCUT2D eigenvalue weighted by molar-refractivity contribution is 6.01. The van der Waals surface area contributed by atoms with Gasteiger partial charge in [-0.05, 0) is 41.7 Å². The van der Waals surface area contributed by atoms with Gasteiger partial charge in [0.1, 0.15) is 24.1 Å². The van der Waals surface area contributed by atoms with Gasteiger partial charge >= 0.3 is 0 Å². The van der Waals surface area contributed by atoms with Crippen molar-refractivity contribution in [3.05, 3.63) is 60.3 Å². The molecule has 3 atom stereocenters. The summed E-state index contributed by atoms with van der Waals surface area (Å²) >= 11 is 0. The van der Waals surface area contributed by atoms with Crippen LogP contribution in [0.4, 0.5) is 0 Å². The number of carbonyl (C=O) groups is 3. The van der Waals surface area contributed by atoms with Crippen LogP contribution >= 0.6 is 0 Å². The van der Waals surface area contributed by atoms with Crippen LogP contribution < -0.4 is 0 Å². The third kappa shape index (κ3) is 4.32. The molecule has 7 heteroatoms. The zero-order chi connectivity index (χ0) is 24.4. The number of nitrogens with zero attached hydrogens (tertiary/aromatic N) is 3. The summed E-state index contributed by atoms with van der Waals surface area (Å²) in [6.07, 6.45) is 1.13. The first-order valence-electron chi connectivity index (χ1n) is 11.4. The Morgan fingerprint density at radius 2 is 1.88 bits per heavy atom. The number of benzene rings is 2. The van der Waals surface area contributed by atoms with Gasteiger partial charge in [0, 0.05) is 30.4 Å². The van der Waals surface area contributed by atoms with E-state index in [9.17, 15) is 19.6 Å². The molecule has 7 nitrogen and oxygen atoms in total. The molecule has 3 unspecified atom stereocenters. The third-order valence-electron chi connectivity index (χ3n) is 6.54. The summed E-state index contributed by atoms with van der Waals surface area (Å²) in [7, 11) is 1.61. The monoisotopic (exact) mass is 456 g/mol. The van der Waals surface area contributed by atoms with Crippen molar-refractivity contribution in [2.45, 2.75) is 32.4 Å². The molecule has 1 aliphatic heterocycles. The van der Waals surface area contributed by atoms with Gasteiger partial charge in [0.05, 0.1) is 6.07 Å². The summed E-state index contributed by atoms with van der Waals surface area (Å²) in [6, 6.07) is 18.5. The van der Waals surface area contributed by atoms with Crippen molar-refractivity contribution in [3.8, 4) is 17.2 Å². The molecule has 2 amide bonds. The number of nitriles is 1. The Bertz CT molecular complexity index is 1260. The highest BCUT2D eigenvalue weighted by atomic mass is 16.2. The van der Waals surface area contributed by atoms with Crippen molar-refractivity contribution in [3.63, 3.8) is 0 Å². The van der Waals surface area contributed by atoms with Gasteiger partial charge in [-0.1, -0.05) is 50.2 Å². The lowest BCUT2D eigenvalue weighted by atomic mass is 10.0. The molecule has 2 heterocycles. The molecule has 34 heavy (non-hydrogen) atoms. The van der Waals surface area contributed by atoms with E-state index in [4.69, 9.17) is 0 Å². The van der Waals surface area contributed by atoms with Crippen molar-refractivity contribution in [2.24, 2.45) is 11.8 Å². The van der Waals surface area contributed by atoms with Crippen LogP contribution in [-0.4, -0.2) is 58.6 Å². The SMILES string of the molecule is CC(C)C(C(=O)N1CC(C=O)CC1C#N)N(C)C(=O)c1cc2cc(-c3ccccc3)ccc2[nH]1. The first-order valence-corrected chi connectivity index (χ1v) is 11.4. The Morgan fingerprint density at radius 1 is 1.15 bits per heavy atom. The van der Waals surface area contributed by atoms with Gasteiger partial charge in [0.15, 0.2) is 0 Å². The normalized spacial score (nSPS) is 18.6. The Hall–Kier alpha value is -3.92. The van der Waals surface area contributed by atoms with E-state index >= 15 is 0 Å². The number of fused-ring (bicyclic) bond motifs is 1. The van der Waals surface area contributed by atoms with E-state index < -0.39 is 12.1 Å². The summed E-state index contributed by atoms with van der Waals surface area (Å²) in [4.78, 5) is 44.2. The molecule has 0 bridgehead atoms. The predicted molar refractivity (Wildman–Crippen MR) is 130 cm³/mol. The van der Waals surface area contributed by atoms with Crippen molar-refractivity contribution in [1.82, 2.24) is 14.8 Å². The van der Waals surface area contributed by atoms with Crippen LogP contribution in [0.25, 0.3) is 22.0 Å². The summed E-state index contributed by atoms with van der Waals surface area (Å²) < 4.78 is 0. The average molecular weight is 457 g/mol. The number of hydrogen-bond donors (Lipinski definition) is 1. The van der Waals surface area contributed by atoms with E-state index in [2.05, 4.69) is 11.1 Å². The van der Waals surface area contributed by atoms with Gasteiger partial charge in [0.2, 0.25) is 5.91 Å². The lowest BCUT2D eigenvalue weighted by molar-refractivity contribution is -0.137. The number of hydrogen-bond acceptors (Lipinski definition) is 4. The molecule has 174 valence electrons. The number of amides is 2. The van der Waals surface area contributed by atoms with Crippen LogP contribution in [0.5, 0.6) is 0 Å². The molecule has 3 aromatic rings. The maximum Gasteiger partial charge on any atom is 0.270 e. The maximum atomic E-state index is 13.4. The first-order chi connectivity index (χ1) is 16.3. The van der Waals surface area contributed by atoms with E-state index in [1.165, 1.54) is 9.80 Å². The van der Waals surface area contributed by atoms with Gasteiger partial charge in [-0.2, -0.15) is 5.26 Å². The van der Waals surface area contributed by atoms with Crippen LogP contribution in [0.3, 0.4) is 0 Å². The fourth-order valence-electron chi connectivity index (χ4n) is 4.78. The molecular formula is C27H28N4O3. The lowest BCUT2D eigenvalue weighted by Gasteiger charge is -2.34. The van der Waals surface area contributed by atoms with E-state index in [1.54, 1.807) is 13.1 Å². The van der Waals surface area contributed by atoms with Gasteiger partial charge in [-0.3, -0.25) is 9.59 Å². The van der Waals surface area contributed by atoms with Crippen LogP contribution in [-0.2, 0) is 9.59 Å². The molecule has 1 N–H and O–H groups in total. The highest BCUT2D eigenvalue weighted by Crippen LogP contribution is 2.27. The predicted octanol–water partition coefficient (Wildman–Crippen LogP) is 3.87. The molecule has 0 aliphatic carbocycles. The molecule has 1 aliphatic rings. The van der Waals surface area contributed by atoms with Crippen LogP contribution in [0.1, 0.15) is 30.8 Å². The Morgan fingerprint density at radius 3 is 2.53 bits per heavy atom. The number of likely N-dealkylation sites (tertiary alicyclic amines) is 1. The Kier molecular flexibility index (Phi) is 6.51. The highest BCUT2D eigenvalue weighted by Gasteiger charge is 2.41. The standard InChI is InChI=1S/C27H28N4O3/c1-17(2)25(27(34)31-15-18(16-32)11-22(31)14-28)30(3)26(33)24-13-21-12-20(9-10-23(21)29-24)19-7-5-4-6-8-19/h4-10,12-13,16-18,22,25,29H,11,15H2,1-3H3. The van der Waals surface area contributed by atoms with Gasteiger partial charge in [-0.15, -0.1) is 0 Å². The second-order valence-electron chi connectivity index (χ2n) is 9.22. The summed E-state index contributed by atoms with van der Waals surface area (Å²) in [5, 5.41) is 10.4. The smallest absolute Gasteiger partial charge is 0.270 e. The van der Waals surface area contributed by atoms with Crippen molar-refractivity contribution in [1.29, 1.82) is 5.26 Å². The molecular weight excluding hydrogens is 428 g/mol. The molecule has 1 aromatic heterocycles. The molecule has 2 aromatic carbocycles. The summed E-state index contributed by atoms with van der Waals surface area (Å²) in [6.45, 7) is 3.96. The number of likely N-dealkylation sites (N-methyl/N-ethyl adjacent to an activating group) is 1. The number of aromatic nitrogens is 1. The van der Waals surface area contributed by atoms with Crippen LogP contribution in [0.2, 0.25) is 0 Å². The molecule has 4 rings (SSSR count). The second kappa shape index (κ2) is 9.52. The molecule has 1 fully saturated rings. The second-order valence-corrected chi connectivity index (χ2v) is 9.22. The summed E-state index contributed by atoms with van der Waals surface area (Å²) in [5.74, 6) is -1.13. The van der Waals surface area contributed by atoms with Crippen molar-refractivity contribution >= 4 is 29.0 Å². The Balaban J connectivity index is 1.60. The quantitative estimate of drug-likeness (QED) is 0.570. The molecule has 1 saturated heterocycles. The number of H-pyrrole nitrogens is 1. The minimum atomic E-state index is -0.750. The average Bonchev–Trinajstić information content (AvgIpc) is 3.47. The minimum Gasteiger partial charge on any atom is -0.351 e. The first kappa shape index (κ1) is 23.2. The van der Waals surface area contributed by atoms with E-state index in [-0.39, 0.29) is 30.2 Å². The fourth-order valence-corrected chi connectivity index (χ4v) is 4.78. The number of carbonyl (C=O) groups excluding carboxylic acids is 3. The fraction of sp³-hybridized carbons (Fsp3) is 0.333. The van der Waals surface area contributed by atoms with Crippen LogP contribution in [0.15, 0.2) is 54.6 Å². The zero-order valence-corrected chi connectivity index (χ0v) is 19.6. The minimum absolute atomic E-state index is 0.176. The van der Waals surface area contributed by atoms with Gasteiger partial charge < -0.3 is 19.6 Å². The number of rotatable bonds is 6. The van der Waals surface area contributed by atoms with Gasteiger partial charge in [0.25, 0.3) is 5.91 Å². The van der Waals surface area contributed by atoms with E-state index in [0.29, 0.717) is 12.1 Å².